The SMILES string of the molecule is Cn1ccc(CN(CCCl)C2CCC2)n1. The van der Waals surface area contributed by atoms with Crippen LogP contribution in [0.2, 0.25) is 0 Å². The lowest BCUT2D eigenvalue weighted by Gasteiger charge is -2.36. The third kappa shape index (κ3) is 2.73. The molecule has 3 nitrogen and oxygen atoms in total. The first-order valence-corrected chi connectivity index (χ1v) is 6.11. The zero-order valence-electron chi connectivity index (χ0n) is 9.19. The summed E-state index contributed by atoms with van der Waals surface area (Å²) in [7, 11) is 1.96. The maximum Gasteiger partial charge on any atom is 0.0764 e. The Balaban J connectivity index is 1.93. The molecule has 2 rings (SSSR count). The van der Waals surface area contributed by atoms with Gasteiger partial charge in [0.25, 0.3) is 0 Å². The number of nitrogens with zero attached hydrogens (tertiary/aromatic N) is 3. The first kappa shape index (κ1) is 11.0. The molecule has 1 aliphatic carbocycles. The summed E-state index contributed by atoms with van der Waals surface area (Å²) in [5, 5.41) is 4.41. The van der Waals surface area contributed by atoms with Gasteiger partial charge in [-0.25, -0.2) is 0 Å². The van der Waals surface area contributed by atoms with E-state index in [1.165, 1.54) is 19.3 Å². The molecule has 0 saturated heterocycles. The minimum atomic E-state index is 0.712. The molecule has 0 spiro atoms. The van der Waals surface area contributed by atoms with E-state index >= 15 is 0 Å². The zero-order valence-corrected chi connectivity index (χ0v) is 9.95. The molecule has 1 fully saturated rings. The maximum absolute atomic E-state index is 5.83. The first-order chi connectivity index (χ1) is 7.29. The van der Waals surface area contributed by atoms with Crippen molar-refractivity contribution in [3.63, 3.8) is 0 Å². The molecule has 1 saturated carbocycles. The van der Waals surface area contributed by atoms with Gasteiger partial charge in [0.2, 0.25) is 0 Å². The van der Waals surface area contributed by atoms with Crippen LogP contribution in [0.3, 0.4) is 0 Å². The highest BCUT2D eigenvalue weighted by Crippen LogP contribution is 2.25. The monoisotopic (exact) mass is 227 g/mol. The topological polar surface area (TPSA) is 21.1 Å². The van der Waals surface area contributed by atoms with Crippen molar-refractivity contribution >= 4 is 11.6 Å². The minimum Gasteiger partial charge on any atom is -0.293 e. The second kappa shape index (κ2) is 4.99. The Hall–Kier alpha value is -0.540. The fourth-order valence-corrected chi connectivity index (χ4v) is 2.22. The Morgan fingerprint density at radius 2 is 2.40 bits per heavy atom. The van der Waals surface area contributed by atoms with E-state index < -0.39 is 0 Å². The highest BCUT2D eigenvalue weighted by molar-refractivity contribution is 6.18. The van der Waals surface area contributed by atoms with Gasteiger partial charge in [0, 0.05) is 38.3 Å². The van der Waals surface area contributed by atoms with Crippen molar-refractivity contribution in [1.29, 1.82) is 0 Å². The van der Waals surface area contributed by atoms with Crippen molar-refractivity contribution in [2.24, 2.45) is 7.05 Å². The number of aryl methyl sites for hydroxylation is 1. The van der Waals surface area contributed by atoms with Gasteiger partial charge in [-0.2, -0.15) is 5.10 Å². The molecule has 84 valence electrons. The van der Waals surface area contributed by atoms with Gasteiger partial charge in [0.05, 0.1) is 5.69 Å². The van der Waals surface area contributed by atoms with Gasteiger partial charge in [-0.15, -0.1) is 11.6 Å². The molecule has 0 aromatic carbocycles. The number of halogens is 1. The molecule has 1 aromatic heterocycles. The van der Waals surface area contributed by atoms with Crippen molar-refractivity contribution in [3.05, 3.63) is 18.0 Å². The predicted octanol–water partition coefficient (Wildman–Crippen LogP) is 2.01. The summed E-state index contributed by atoms with van der Waals surface area (Å²) in [6.45, 7) is 1.92. The van der Waals surface area contributed by atoms with Gasteiger partial charge in [-0.05, 0) is 18.9 Å². The van der Waals surface area contributed by atoms with Gasteiger partial charge in [0.1, 0.15) is 0 Å². The third-order valence-corrected chi connectivity index (χ3v) is 3.27. The Morgan fingerprint density at radius 1 is 1.60 bits per heavy atom. The molecule has 1 heterocycles. The van der Waals surface area contributed by atoms with E-state index in [0.717, 1.165) is 24.8 Å². The zero-order chi connectivity index (χ0) is 10.7. The molecule has 0 amide bonds. The summed E-state index contributed by atoms with van der Waals surface area (Å²) in [6.07, 6.45) is 6.01. The Labute approximate surface area is 96.0 Å². The first-order valence-electron chi connectivity index (χ1n) is 5.58. The summed E-state index contributed by atoms with van der Waals surface area (Å²) >= 11 is 5.83. The summed E-state index contributed by atoms with van der Waals surface area (Å²) in [4.78, 5) is 2.46. The van der Waals surface area contributed by atoms with E-state index in [4.69, 9.17) is 11.6 Å². The molecule has 4 heteroatoms. The van der Waals surface area contributed by atoms with Crippen LogP contribution < -0.4 is 0 Å². The van der Waals surface area contributed by atoms with Crippen molar-refractivity contribution in [2.75, 3.05) is 12.4 Å². The second-order valence-corrected chi connectivity index (χ2v) is 4.60. The van der Waals surface area contributed by atoms with Crippen LogP contribution in [-0.2, 0) is 13.6 Å². The average Bonchev–Trinajstić information content (AvgIpc) is 2.48. The molecule has 0 atom stereocenters. The van der Waals surface area contributed by atoms with E-state index in [9.17, 15) is 0 Å². The summed E-state index contributed by atoms with van der Waals surface area (Å²) < 4.78 is 1.86. The predicted molar refractivity (Wildman–Crippen MR) is 62.0 cm³/mol. The van der Waals surface area contributed by atoms with Gasteiger partial charge >= 0.3 is 0 Å². The fourth-order valence-electron chi connectivity index (χ4n) is 2.01. The molecule has 0 radical (unpaired) electrons. The van der Waals surface area contributed by atoms with Crippen LogP contribution in [0.5, 0.6) is 0 Å². The van der Waals surface area contributed by atoms with Gasteiger partial charge in [-0.1, -0.05) is 6.42 Å². The van der Waals surface area contributed by atoms with Crippen LogP contribution >= 0.6 is 11.6 Å². The average molecular weight is 228 g/mol. The fraction of sp³-hybridized carbons (Fsp3) is 0.727. The highest BCUT2D eigenvalue weighted by Gasteiger charge is 2.24. The maximum atomic E-state index is 5.83. The second-order valence-electron chi connectivity index (χ2n) is 4.22. The minimum absolute atomic E-state index is 0.712. The van der Waals surface area contributed by atoms with Crippen molar-refractivity contribution in [2.45, 2.75) is 31.8 Å². The molecule has 0 bridgehead atoms. The molecule has 0 unspecified atom stereocenters. The molecule has 15 heavy (non-hydrogen) atoms. The Kier molecular flexibility index (Phi) is 3.65. The molecule has 0 aliphatic heterocycles. The standard InChI is InChI=1S/C11H18ClN3/c1-14-7-5-10(13-14)9-15(8-6-12)11-3-2-4-11/h5,7,11H,2-4,6,8-9H2,1H3. The number of aromatic nitrogens is 2. The van der Waals surface area contributed by atoms with Crippen LogP contribution in [0.4, 0.5) is 0 Å². The summed E-state index contributed by atoms with van der Waals surface area (Å²) in [6, 6.07) is 2.82. The summed E-state index contributed by atoms with van der Waals surface area (Å²) in [5.41, 5.74) is 1.15. The lowest BCUT2D eigenvalue weighted by Crippen LogP contribution is -2.40. The Bertz CT molecular complexity index is 307. The van der Waals surface area contributed by atoms with Gasteiger partial charge < -0.3 is 0 Å². The number of rotatable bonds is 5. The van der Waals surface area contributed by atoms with Crippen molar-refractivity contribution in [1.82, 2.24) is 14.7 Å². The summed E-state index contributed by atoms with van der Waals surface area (Å²) in [5.74, 6) is 0.712. The smallest absolute Gasteiger partial charge is 0.0764 e. The van der Waals surface area contributed by atoms with Gasteiger partial charge in [-0.3, -0.25) is 9.58 Å². The Morgan fingerprint density at radius 3 is 2.87 bits per heavy atom. The van der Waals surface area contributed by atoms with E-state index in [1.54, 1.807) is 0 Å². The van der Waals surface area contributed by atoms with Crippen LogP contribution in [0.25, 0.3) is 0 Å². The van der Waals surface area contributed by atoms with Crippen LogP contribution in [-0.4, -0.2) is 33.1 Å². The lowest BCUT2D eigenvalue weighted by molar-refractivity contribution is 0.125. The molecule has 1 aromatic rings. The van der Waals surface area contributed by atoms with Crippen molar-refractivity contribution < 1.29 is 0 Å². The van der Waals surface area contributed by atoms with E-state index in [2.05, 4.69) is 16.1 Å². The van der Waals surface area contributed by atoms with E-state index in [0.29, 0.717) is 5.88 Å². The van der Waals surface area contributed by atoms with Crippen LogP contribution in [0.15, 0.2) is 12.3 Å². The number of alkyl halides is 1. The third-order valence-electron chi connectivity index (χ3n) is 3.10. The van der Waals surface area contributed by atoms with E-state index in [-0.39, 0.29) is 0 Å². The molecular formula is C11H18ClN3. The molecule has 0 N–H and O–H groups in total. The van der Waals surface area contributed by atoms with Gasteiger partial charge in [0.15, 0.2) is 0 Å². The highest BCUT2D eigenvalue weighted by atomic mass is 35.5. The number of hydrogen-bond acceptors (Lipinski definition) is 2. The molecule has 1 aliphatic rings. The lowest BCUT2D eigenvalue weighted by atomic mass is 9.91. The van der Waals surface area contributed by atoms with Crippen LogP contribution in [0, 0.1) is 0 Å². The number of hydrogen-bond donors (Lipinski definition) is 0. The van der Waals surface area contributed by atoms with E-state index in [1.807, 2.05) is 17.9 Å². The van der Waals surface area contributed by atoms with Crippen LogP contribution in [0.1, 0.15) is 25.0 Å². The largest absolute Gasteiger partial charge is 0.293 e. The molecular weight excluding hydrogens is 210 g/mol. The quantitative estimate of drug-likeness (QED) is 0.718. The van der Waals surface area contributed by atoms with Crippen molar-refractivity contribution in [3.8, 4) is 0 Å². The normalized spacial score (nSPS) is 17.0.